The van der Waals surface area contributed by atoms with Crippen molar-refractivity contribution in [2.24, 2.45) is 14.1 Å². The fraction of sp³-hybridized carbons (Fsp3) is 0.143. The van der Waals surface area contributed by atoms with Crippen molar-refractivity contribution in [1.82, 2.24) is 29.1 Å². The van der Waals surface area contributed by atoms with Gasteiger partial charge in [-0.1, -0.05) is 47.5 Å². The highest BCUT2D eigenvalue weighted by atomic mass is 35.5. The highest BCUT2D eigenvalue weighted by molar-refractivity contribution is 6.31. The van der Waals surface area contributed by atoms with E-state index in [-0.39, 0.29) is 18.8 Å². The first-order valence-electron chi connectivity index (χ1n) is 14.6. The molecule has 0 unspecified atom stereocenters. The lowest BCUT2D eigenvalue weighted by molar-refractivity contribution is 0.0599. The summed E-state index contributed by atoms with van der Waals surface area (Å²) in [6.45, 7) is 0.484. The summed E-state index contributed by atoms with van der Waals surface area (Å²) in [5.41, 5.74) is 3.29. The van der Waals surface area contributed by atoms with Crippen molar-refractivity contribution >= 4 is 35.1 Å². The van der Waals surface area contributed by atoms with Crippen molar-refractivity contribution in [3.63, 3.8) is 0 Å². The molecule has 4 aromatic heterocycles. The SMILES string of the molecule is COC(=O)c1cnc(OCc2nccn2C)c(-c2ccc(Cl)cc2)c1.Cn1ccnc1COc1ncc(C(=O)O)cc1-c1ccc(Cl)cc1. The molecule has 0 bridgehead atoms. The van der Waals surface area contributed by atoms with Crippen LogP contribution in [-0.4, -0.2) is 53.2 Å². The number of methoxy groups -OCH3 is 1. The number of carboxylic acid groups (broad SMARTS) is 1. The van der Waals surface area contributed by atoms with E-state index in [1.165, 1.54) is 25.6 Å². The van der Waals surface area contributed by atoms with Crippen LogP contribution < -0.4 is 9.47 Å². The fourth-order valence-electron chi connectivity index (χ4n) is 4.49. The molecule has 0 spiro atoms. The molecule has 0 aliphatic carbocycles. The van der Waals surface area contributed by atoms with Gasteiger partial charge in [0.15, 0.2) is 0 Å². The van der Waals surface area contributed by atoms with E-state index in [0.717, 1.165) is 22.8 Å². The van der Waals surface area contributed by atoms with Gasteiger partial charge in [0.2, 0.25) is 11.8 Å². The Morgan fingerprint density at radius 1 is 0.694 bits per heavy atom. The van der Waals surface area contributed by atoms with E-state index in [1.54, 1.807) is 54.9 Å². The number of carbonyl (C=O) groups excluding carboxylic acids is 1. The summed E-state index contributed by atoms with van der Waals surface area (Å²) < 4.78 is 20.1. The van der Waals surface area contributed by atoms with E-state index in [9.17, 15) is 14.7 Å². The molecule has 250 valence electrons. The van der Waals surface area contributed by atoms with Crippen LogP contribution in [0.15, 0.2) is 97.8 Å². The number of carbonyl (C=O) groups is 2. The van der Waals surface area contributed by atoms with Crippen molar-refractivity contribution in [3.05, 3.63) is 131 Å². The number of hydrogen-bond acceptors (Lipinski definition) is 9. The number of imidazole rings is 2. The molecule has 0 saturated carbocycles. The van der Waals surface area contributed by atoms with Gasteiger partial charge in [0.05, 0.1) is 18.2 Å². The number of rotatable bonds is 10. The minimum Gasteiger partial charge on any atom is -0.478 e. The molecule has 0 saturated heterocycles. The van der Waals surface area contributed by atoms with Gasteiger partial charge in [-0.05, 0) is 47.5 Å². The number of aryl methyl sites for hydroxylation is 2. The Hall–Kier alpha value is -5.72. The van der Waals surface area contributed by atoms with Gasteiger partial charge >= 0.3 is 11.9 Å². The van der Waals surface area contributed by atoms with E-state index in [1.807, 2.05) is 47.8 Å². The summed E-state index contributed by atoms with van der Waals surface area (Å²) in [7, 11) is 5.09. The van der Waals surface area contributed by atoms with Gasteiger partial charge < -0.3 is 28.5 Å². The summed E-state index contributed by atoms with van der Waals surface area (Å²) >= 11 is 11.9. The number of benzene rings is 2. The molecule has 2 aromatic carbocycles. The van der Waals surface area contributed by atoms with Crippen LogP contribution in [0.1, 0.15) is 32.4 Å². The minimum atomic E-state index is -1.05. The molecular weight excluding hydrogens is 671 g/mol. The van der Waals surface area contributed by atoms with Crippen molar-refractivity contribution in [3.8, 4) is 34.0 Å². The second kappa shape index (κ2) is 15.9. The predicted octanol–water partition coefficient (Wildman–Crippen LogP) is 6.91. The third kappa shape index (κ3) is 8.80. The van der Waals surface area contributed by atoms with Crippen LogP contribution in [0.5, 0.6) is 11.8 Å². The molecule has 6 aromatic rings. The Labute approximate surface area is 291 Å². The predicted molar refractivity (Wildman–Crippen MR) is 183 cm³/mol. The van der Waals surface area contributed by atoms with Crippen LogP contribution in [0.2, 0.25) is 10.0 Å². The monoisotopic (exact) mass is 700 g/mol. The summed E-state index contributed by atoms with van der Waals surface area (Å²) in [4.78, 5) is 39.9. The molecule has 4 heterocycles. The Morgan fingerprint density at radius 3 is 1.51 bits per heavy atom. The Balaban J connectivity index is 0.000000191. The van der Waals surface area contributed by atoms with Gasteiger partial charge in [0.25, 0.3) is 0 Å². The first-order chi connectivity index (χ1) is 23.6. The maximum Gasteiger partial charge on any atom is 0.339 e. The number of esters is 1. The maximum atomic E-state index is 11.8. The van der Waals surface area contributed by atoms with Gasteiger partial charge in [-0.3, -0.25) is 0 Å². The van der Waals surface area contributed by atoms with Crippen LogP contribution in [0, 0.1) is 0 Å². The zero-order chi connectivity index (χ0) is 34.9. The molecule has 0 amide bonds. The lowest BCUT2D eigenvalue weighted by atomic mass is 10.1. The third-order valence-corrected chi connectivity index (χ3v) is 7.70. The molecule has 6 rings (SSSR count). The molecule has 49 heavy (non-hydrogen) atoms. The third-order valence-electron chi connectivity index (χ3n) is 7.20. The number of aromatic nitrogens is 6. The normalized spacial score (nSPS) is 10.6. The number of halogens is 2. The zero-order valence-electron chi connectivity index (χ0n) is 26.6. The largest absolute Gasteiger partial charge is 0.478 e. The second-order valence-electron chi connectivity index (χ2n) is 10.5. The van der Waals surface area contributed by atoms with Crippen LogP contribution in [0.3, 0.4) is 0 Å². The van der Waals surface area contributed by atoms with E-state index < -0.39 is 11.9 Å². The maximum absolute atomic E-state index is 11.8. The zero-order valence-corrected chi connectivity index (χ0v) is 28.1. The van der Waals surface area contributed by atoms with Crippen LogP contribution in [-0.2, 0) is 32.0 Å². The van der Waals surface area contributed by atoms with Crippen molar-refractivity contribution in [2.75, 3.05) is 7.11 Å². The molecule has 0 radical (unpaired) electrons. The van der Waals surface area contributed by atoms with Crippen LogP contribution >= 0.6 is 23.2 Å². The highest BCUT2D eigenvalue weighted by Gasteiger charge is 2.16. The van der Waals surface area contributed by atoms with E-state index in [2.05, 4.69) is 19.9 Å². The average Bonchev–Trinajstić information content (AvgIpc) is 3.73. The number of carboxylic acids is 1. The van der Waals surface area contributed by atoms with Gasteiger partial charge in [0, 0.05) is 72.4 Å². The van der Waals surface area contributed by atoms with E-state index >= 15 is 0 Å². The number of hydrogen-bond donors (Lipinski definition) is 1. The van der Waals surface area contributed by atoms with Crippen LogP contribution in [0.4, 0.5) is 0 Å². The quantitative estimate of drug-likeness (QED) is 0.150. The molecule has 0 atom stereocenters. The number of ether oxygens (including phenoxy) is 3. The van der Waals surface area contributed by atoms with Crippen molar-refractivity contribution < 1.29 is 28.9 Å². The summed E-state index contributed by atoms with van der Waals surface area (Å²) in [6.07, 6.45) is 9.74. The average molecular weight is 702 g/mol. The van der Waals surface area contributed by atoms with Gasteiger partial charge in [-0.2, -0.15) is 0 Å². The van der Waals surface area contributed by atoms with Gasteiger partial charge in [0.1, 0.15) is 24.9 Å². The smallest absolute Gasteiger partial charge is 0.339 e. The lowest BCUT2D eigenvalue weighted by Crippen LogP contribution is -2.07. The van der Waals surface area contributed by atoms with E-state index in [4.69, 9.17) is 37.4 Å². The van der Waals surface area contributed by atoms with Gasteiger partial charge in [-0.15, -0.1) is 0 Å². The molecule has 12 nitrogen and oxygen atoms in total. The first-order valence-corrected chi connectivity index (χ1v) is 15.4. The second-order valence-corrected chi connectivity index (χ2v) is 11.3. The van der Waals surface area contributed by atoms with E-state index in [0.29, 0.717) is 38.5 Å². The molecule has 0 aliphatic rings. The fourth-order valence-corrected chi connectivity index (χ4v) is 4.74. The highest BCUT2D eigenvalue weighted by Crippen LogP contribution is 2.32. The van der Waals surface area contributed by atoms with Gasteiger partial charge in [-0.25, -0.2) is 29.5 Å². The lowest BCUT2D eigenvalue weighted by Gasteiger charge is -2.12. The number of aromatic carboxylic acids is 1. The van der Waals surface area contributed by atoms with Crippen molar-refractivity contribution in [1.29, 1.82) is 0 Å². The topological polar surface area (TPSA) is 143 Å². The molecule has 1 N–H and O–H groups in total. The molecule has 0 aliphatic heterocycles. The van der Waals surface area contributed by atoms with Crippen LogP contribution in [0.25, 0.3) is 22.3 Å². The Morgan fingerprint density at radius 2 is 1.12 bits per heavy atom. The Kier molecular flexibility index (Phi) is 11.2. The number of pyridine rings is 2. The Bertz CT molecular complexity index is 2060. The minimum absolute atomic E-state index is 0.0873. The summed E-state index contributed by atoms with van der Waals surface area (Å²) in [5, 5.41) is 10.4. The first kappa shape index (κ1) is 34.6. The standard InChI is InChI=1S/C18H16ClN3O3.C17H14ClN3O3/c1-22-8-7-20-16(22)11-25-17-15(12-3-5-14(19)6-4-12)9-13(10-21-17)18(23)24-2;1-21-7-6-19-15(21)10-24-16-14(8-12(9-20-16)17(22)23)11-2-4-13(18)5-3-11/h3-10H,11H2,1-2H3;2-9H,10H2,1H3,(H,22,23). The summed E-state index contributed by atoms with van der Waals surface area (Å²) in [6, 6.07) is 17.5. The summed E-state index contributed by atoms with van der Waals surface area (Å²) in [5.74, 6) is 0.733. The molecule has 0 fully saturated rings. The molecule has 14 heteroatoms. The molecular formula is C35H30Cl2N6O6. The number of nitrogens with zero attached hydrogens (tertiary/aromatic N) is 6. The van der Waals surface area contributed by atoms with Crippen molar-refractivity contribution in [2.45, 2.75) is 13.2 Å².